The molecule has 10 nitrogen and oxygen atoms in total. The van der Waals surface area contributed by atoms with Gasteiger partial charge in [0.25, 0.3) is 5.91 Å². The number of urea groups is 2. The molecule has 0 saturated carbocycles. The Morgan fingerprint density at radius 2 is 2.00 bits per heavy atom. The number of fused-ring (bicyclic) bond motifs is 3. The van der Waals surface area contributed by atoms with Crippen LogP contribution in [0.4, 0.5) is 19.7 Å². The molecule has 1 fully saturated rings. The Bertz CT molecular complexity index is 1250. The molecule has 182 valence electrons. The van der Waals surface area contributed by atoms with Gasteiger partial charge in [0.15, 0.2) is 0 Å². The second-order valence-corrected chi connectivity index (χ2v) is 8.72. The molecule has 5 rings (SSSR count). The van der Waals surface area contributed by atoms with E-state index in [4.69, 9.17) is 4.74 Å². The zero-order valence-corrected chi connectivity index (χ0v) is 19.0. The van der Waals surface area contributed by atoms with Crippen molar-refractivity contribution in [3.05, 3.63) is 58.9 Å². The van der Waals surface area contributed by atoms with Gasteiger partial charge in [-0.1, -0.05) is 6.07 Å². The molecule has 0 unspecified atom stereocenters. The quantitative estimate of drug-likeness (QED) is 0.577. The van der Waals surface area contributed by atoms with Crippen LogP contribution >= 0.6 is 0 Å². The smallest absolute Gasteiger partial charge is 0.325 e. The number of rotatable bonds is 3. The summed E-state index contributed by atoms with van der Waals surface area (Å²) < 4.78 is 19.3. The van der Waals surface area contributed by atoms with E-state index in [0.29, 0.717) is 35.4 Å². The van der Waals surface area contributed by atoms with Gasteiger partial charge in [-0.3, -0.25) is 14.5 Å². The van der Waals surface area contributed by atoms with Gasteiger partial charge in [-0.05, 0) is 54.3 Å². The van der Waals surface area contributed by atoms with Crippen LogP contribution in [-0.4, -0.2) is 60.4 Å². The molecule has 6 amide bonds. The normalized spacial score (nSPS) is 20.6. The van der Waals surface area contributed by atoms with Gasteiger partial charge in [-0.2, -0.15) is 0 Å². The fraction of sp³-hybridized carbons (Fsp3) is 0.333. The summed E-state index contributed by atoms with van der Waals surface area (Å²) in [4.78, 5) is 53.4. The van der Waals surface area contributed by atoms with Crippen molar-refractivity contribution in [1.82, 2.24) is 20.4 Å². The number of anilines is 1. The van der Waals surface area contributed by atoms with Crippen LogP contribution in [0.3, 0.4) is 0 Å². The lowest BCUT2D eigenvalue weighted by atomic mass is 9.91. The minimum absolute atomic E-state index is 0.116. The molecule has 11 heteroatoms. The standard InChI is InChI=1S/C24H24FN5O5/c1-26-22(33)27-17-3-4-18-14(11-17)6-7-24(18)21(32)30(23(34)28-24)13-20(31)29-8-9-35-19-5-2-16(25)10-15(19)12-29/h2-5,10-11H,6-9,12-13H2,1H3,(H,28,34)(H2,26,27,33)/t24-/m0/s1. The van der Waals surface area contributed by atoms with Crippen LogP contribution in [0.1, 0.15) is 23.1 Å². The summed E-state index contributed by atoms with van der Waals surface area (Å²) >= 11 is 0. The third-order valence-corrected chi connectivity index (χ3v) is 6.64. The van der Waals surface area contributed by atoms with Gasteiger partial charge in [-0.15, -0.1) is 0 Å². The largest absolute Gasteiger partial charge is 0.491 e. The molecule has 2 aliphatic heterocycles. The van der Waals surface area contributed by atoms with Gasteiger partial charge in [0.2, 0.25) is 5.91 Å². The maximum absolute atomic E-state index is 13.7. The highest BCUT2D eigenvalue weighted by Crippen LogP contribution is 2.42. The summed E-state index contributed by atoms with van der Waals surface area (Å²) in [5, 5.41) is 7.96. The van der Waals surface area contributed by atoms with Crippen LogP contribution in [-0.2, 0) is 28.1 Å². The van der Waals surface area contributed by atoms with Crippen molar-refractivity contribution < 1.29 is 28.3 Å². The van der Waals surface area contributed by atoms with E-state index in [1.54, 1.807) is 18.2 Å². The number of halogens is 1. The lowest BCUT2D eigenvalue weighted by molar-refractivity contribution is -0.139. The van der Waals surface area contributed by atoms with E-state index in [9.17, 15) is 23.6 Å². The first-order valence-electron chi connectivity index (χ1n) is 11.3. The number of carbonyl (C=O) groups excluding carboxylic acids is 4. The Morgan fingerprint density at radius 1 is 1.17 bits per heavy atom. The summed E-state index contributed by atoms with van der Waals surface area (Å²) in [5.41, 5.74) is 1.35. The average molecular weight is 481 g/mol. The number of benzene rings is 2. The molecule has 3 aliphatic rings. The second-order valence-electron chi connectivity index (χ2n) is 8.72. The zero-order valence-electron chi connectivity index (χ0n) is 19.0. The van der Waals surface area contributed by atoms with Crippen molar-refractivity contribution in [3.8, 4) is 5.75 Å². The molecule has 3 N–H and O–H groups in total. The summed E-state index contributed by atoms with van der Waals surface area (Å²) in [5.74, 6) is -0.858. The monoisotopic (exact) mass is 481 g/mol. The van der Waals surface area contributed by atoms with Gasteiger partial charge in [0.05, 0.1) is 6.54 Å². The van der Waals surface area contributed by atoms with E-state index >= 15 is 0 Å². The number of imide groups is 1. The number of hydrogen-bond acceptors (Lipinski definition) is 5. The zero-order chi connectivity index (χ0) is 24.7. The van der Waals surface area contributed by atoms with Crippen molar-refractivity contribution >= 4 is 29.6 Å². The van der Waals surface area contributed by atoms with E-state index in [1.807, 2.05) is 0 Å². The Morgan fingerprint density at radius 3 is 2.80 bits per heavy atom. The molecule has 2 aromatic carbocycles. The number of nitrogens with one attached hydrogen (secondary N) is 3. The SMILES string of the molecule is CNC(=O)Nc1ccc2c(c1)CC[C@]21NC(=O)N(CC(=O)N2CCOc3ccc(F)cc3C2)C1=O. The van der Waals surface area contributed by atoms with Crippen molar-refractivity contribution in [2.24, 2.45) is 0 Å². The summed E-state index contributed by atoms with van der Waals surface area (Å²) in [6.07, 6.45) is 0.878. The van der Waals surface area contributed by atoms with E-state index < -0.39 is 35.7 Å². The Kier molecular flexibility index (Phi) is 5.54. The van der Waals surface area contributed by atoms with Crippen LogP contribution < -0.4 is 20.7 Å². The molecule has 1 aliphatic carbocycles. The minimum Gasteiger partial charge on any atom is -0.491 e. The number of ether oxygens (including phenoxy) is 1. The van der Waals surface area contributed by atoms with E-state index in [-0.39, 0.29) is 25.7 Å². The summed E-state index contributed by atoms with van der Waals surface area (Å²) in [7, 11) is 1.51. The van der Waals surface area contributed by atoms with Crippen molar-refractivity contribution in [3.63, 3.8) is 0 Å². The maximum Gasteiger partial charge on any atom is 0.325 e. The van der Waals surface area contributed by atoms with Crippen LogP contribution in [0.2, 0.25) is 0 Å². The highest BCUT2D eigenvalue weighted by Gasteiger charge is 2.55. The topological polar surface area (TPSA) is 120 Å². The van der Waals surface area contributed by atoms with Gasteiger partial charge in [-0.25, -0.2) is 14.0 Å². The molecule has 0 aromatic heterocycles. The van der Waals surface area contributed by atoms with E-state index in [0.717, 1.165) is 10.5 Å². The number of hydrogen-bond donors (Lipinski definition) is 3. The van der Waals surface area contributed by atoms with Gasteiger partial charge < -0.3 is 25.6 Å². The summed E-state index contributed by atoms with van der Waals surface area (Å²) in [6, 6.07) is 8.29. The van der Waals surface area contributed by atoms with E-state index in [2.05, 4.69) is 16.0 Å². The molecule has 35 heavy (non-hydrogen) atoms. The fourth-order valence-corrected chi connectivity index (χ4v) is 4.88. The number of aryl methyl sites for hydroxylation is 1. The molecule has 2 aromatic rings. The Labute approximate surface area is 200 Å². The van der Waals surface area contributed by atoms with E-state index in [1.165, 1.54) is 30.1 Å². The van der Waals surface area contributed by atoms with Crippen molar-refractivity contribution in [1.29, 1.82) is 0 Å². The first-order valence-corrected chi connectivity index (χ1v) is 11.3. The van der Waals surface area contributed by atoms with Crippen molar-refractivity contribution in [2.45, 2.75) is 24.9 Å². The highest BCUT2D eigenvalue weighted by molar-refractivity contribution is 6.10. The first kappa shape index (κ1) is 22.6. The second kappa shape index (κ2) is 8.57. The van der Waals surface area contributed by atoms with Crippen LogP contribution in [0.15, 0.2) is 36.4 Å². The average Bonchev–Trinajstić information content (AvgIpc) is 3.20. The highest BCUT2D eigenvalue weighted by atomic mass is 19.1. The molecule has 1 spiro atoms. The molecule has 0 radical (unpaired) electrons. The Balaban J connectivity index is 1.33. The Hall–Kier alpha value is -4.15. The van der Waals surface area contributed by atoms with Crippen molar-refractivity contribution in [2.75, 3.05) is 32.1 Å². The molecule has 1 saturated heterocycles. The minimum atomic E-state index is -1.24. The predicted octanol–water partition coefficient (Wildman–Crippen LogP) is 1.69. The third kappa shape index (κ3) is 3.92. The first-order chi connectivity index (χ1) is 16.8. The molecule has 0 bridgehead atoms. The molecule has 1 atom stereocenters. The number of nitrogens with zero attached hydrogens (tertiary/aromatic N) is 2. The molecule has 2 heterocycles. The number of amides is 6. The lowest BCUT2D eigenvalue weighted by Crippen LogP contribution is -2.45. The van der Waals surface area contributed by atoms with Gasteiger partial charge in [0, 0.05) is 24.8 Å². The lowest BCUT2D eigenvalue weighted by Gasteiger charge is -2.24. The number of carbonyl (C=O) groups is 4. The predicted molar refractivity (Wildman–Crippen MR) is 122 cm³/mol. The van der Waals surface area contributed by atoms with Crippen LogP contribution in [0.5, 0.6) is 5.75 Å². The van der Waals surface area contributed by atoms with Crippen LogP contribution in [0.25, 0.3) is 0 Å². The van der Waals surface area contributed by atoms with Gasteiger partial charge >= 0.3 is 12.1 Å². The van der Waals surface area contributed by atoms with Gasteiger partial charge in [0.1, 0.15) is 30.3 Å². The van der Waals surface area contributed by atoms with Crippen LogP contribution in [0, 0.1) is 5.82 Å². The molecular weight excluding hydrogens is 457 g/mol. The fourth-order valence-electron chi connectivity index (χ4n) is 4.88. The molecular formula is C24H24FN5O5. The third-order valence-electron chi connectivity index (χ3n) is 6.64. The summed E-state index contributed by atoms with van der Waals surface area (Å²) in [6.45, 7) is 0.148. The maximum atomic E-state index is 13.7.